The Morgan fingerprint density at radius 2 is 1.75 bits per heavy atom. The number of nitrogens with zero attached hydrogens (tertiary/aromatic N) is 4. The fourth-order valence-corrected chi connectivity index (χ4v) is 4.13. The van der Waals surface area contributed by atoms with Crippen LogP contribution in [0, 0.1) is 5.82 Å². The molecule has 0 aliphatic carbocycles. The SMILES string of the molecule is Fc1ccc(-n2cc(CN(Cc3ccccn3)CC3CCCO3)cn2)cc1.O=C(O)CC(O)(CC(=O)O)C(=O)O. The van der Waals surface area contributed by atoms with Gasteiger partial charge in [-0.2, -0.15) is 5.10 Å². The van der Waals surface area contributed by atoms with E-state index in [0.717, 1.165) is 56.0 Å². The number of aliphatic hydroxyl groups is 1. The summed E-state index contributed by atoms with van der Waals surface area (Å²) in [5.74, 6) is -5.26. The Hall–Kier alpha value is -4.20. The number of rotatable bonds is 12. The van der Waals surface area contributed by atoms with Crippen LogP contribution in [0.15, 0.2) is 61.1 Å². The summed E-state index contributed by atoms with van der Waals surface area (Å²) in [6, 6.07) is 12.3. The van der Waals surface area contributed by atoms with E-state index in [1.54, 1.807) is 16.8 Å². The summed E-state index contributed by atoms with van der Waals surface area (Å²) in [4.78, 5) is 37.3. The fourth-order valence-electron chi connectivity index (χ4n) is 4.13. The van der Waals surface area contributed by atoms with Gasteiger partial charge in [-0.25, -0.2) is 13.9 Å². The summed E-state index contributed by atoms with van der Waals surface area (Å²) >= 11 is 0. The highest BCUT2D eigenvalue weighted by molar-refractivity contribution is 5.88. The van der Waals surface area contributed by atoms with Gasteiger partial charge in [-0.05, 0) is 49.2 Å². The maximum Gasteiger partial charge on any atom is 0.336 e. The van der Waals surface area contributed by atoms with E-state index in [1.807, 2.05) is 36.8 Å². The molecule has 40 heavy (non-hydrogen) atoms. The molecule has 1 unspecified atom stereocenters. The molecule has 214 valence electrons. The molecule has 1 aromatic carbocycles. The Bertz CT molecular complexity index is 1250. The van der Waals surface area contributed by atoms with Gasteiger partial charge in [0.1, 0.15) is 5.82 Å². The summed E-state index contributed by atoms with van der Waals surface area (Å²) in [6.45, 7) is 3.25. The summed E-state index contributed by atoms with van der Waals surface area (Å²) in [5, 5.41) is 38.2. The second kappa shape index (κ2) is 14.3. The number of benzene rings is 1. The Morgan fingerprint density at radius 1 is 1.05 bits per heavy atom. The number of carboxylic acids is 3. The minimum Gasteiger partial charge on any atom is -0.481 e. The molecule has 4 N–H and O–H groups in total. The van der Waals surface area contributed by atoms with Crippen LogP contribution in [0.5, 0.6) is 0 Å². The molecule has 1 atom stereocenters. The van der Waals surface area contributed by atoms with Crippen LogP contribution in [0.3, 0.4) is 0 Å². The number of hydrogen-bond donors (Lipinski definition) is 4. The van der Waals surface area contributed by atoms with Crippen LogP contribution >= 0.6 is 0 Å². The van der Waals surface area contributed by atoms with E-state index in [1.165, 1.54) is 12.1 Å². The highest BCUT2D eigenvalue weighted by atomic mass is 19.1. The van der Waals surface area contributed by atoms with Crippen LogP contribution in [0.1, 0.15) is 36.9 Å². The molecule has 1 saturated heterocycles. The minimum atomic E-state index is -2.74. The lowest BCUT2D eigenvalue weighted by Gasteiger charge is -2.24. The van der Waals surface area contributed by atoms with E-state index in [2.05, 4.69) is 15.0 Å². The normalized spacial score (nSPS) is 14.9. The average molecular weight is 559 g/mol. The van der Waals surface area contributed by atoms with E-state index < -0.39 is 36.4 Å². The van der Waals surface area contributed by atoms with Crippen molar-refractivity contribution in [3.63, 3.8) is 0 Å². The predicted molar refractivity (Wildman–Crippen MR) is 138 cm³/mol. The number of carboxylic acid groups (broad SMARTS) is 3. The number of ether oxygens (including phenoxy) is 1. The van der Waals surface area contributed by atoms with Crippen LogP contribution in [0.2, 0.25) is 0 Å². The molecule has 12 nitrogen and oxygen atoms in total. The third kappa shape index (κ3) is 9.52. The molecule has 13 heteroatoms. The van der Waals surface area contributed by atoms with E-state index in [0.29, 0.717) is 0 Å². The van der Waals surface area contributed by atoms with E-state index in [4.69, 9.17) is 25.2 Å². The van der Waals surface area contributed by atoms with E-state index in [-0.39, 0.29) is 11.9 Å². The van der Waals surface area contributed by atoms with Gasteiger partial charge in [0, 0.05) is 44.2 Å². The third-order valence-electron chi connectivity index (χ3n) is 6.02. The molecule has 0 amide bonds. The maximum atomic E-state index is 13.1. The molecule has 0 radical (unpaired) electrons. The van der Waals surface area contributed by atoms with Crippen molar-refractivity contribution >= 4 is 17.9 Å². The first-order valence-corrected chi connectivity index (χ1v) is 12.5. The van der Waals surface area contributed by atoms with Crippen molar-refractivity contribution in [3.8, 4) is 5.69 Å². The summed E-state index contributed by atoms with van der Waals surface area (Å²) in [5.41, 5.74) is 0.255. The summed E-state index contributed by atoms with van der Waals surface area (Å²) in [6.07, 6.45) is 5.91. The van der Waals surface area contributed by atoms with Crippen molar-refractivity contribution in [1.29, 1.82) is 0 Å². The zero-order valence-electron chi connectivity index (χ0n) is 21.6. The van der Waals surface area contributed by atoms with Gasteiger partial charge in [-0.15, -0.1) is 0 Å². The third-order valence-corrected chi connectivity index (χ3v) is 6.02. The lowest BCUT2D eigenvalue weighted by atomic mass is 9.96. The van der Waals surface area contributed by atoms with E-state index >= 15 is 0 Å². The van der Waals surface area contributed by atoms with Gasteiger partial charge >= 0.3 is 17.9 Å². The smallest absolute Gasteiger partial charge is 0.336 e. The monoisotopic (exact) mass is 558 g/mol. The molecular formula is C27H31FN4O8. The second-order valence-corrected chi connectivity index (χ2v) is 9.37. The Morgan fingerprint density at radius 3 is 2.30 bits per heavy atom. The number of pyridine rings is 1. The number of hydrogen-bond acceptors (Lipinski definition) is 8. The van der Waals surface area contributed by atoms with E-state index in [9.17, 15) is 18.8 Å². The largest absolute Gasteiger partial charge is 0.481 e. The maximum absolute atomic E-state index is 13.1. The first-order valence-electron chi connectivity index (χ1n) is 12.5. The van der Waals surface area contributed by atoms with Crippen LogP contribution in [-0.2, 0) is 32.2 Å². The van der Waals surface area contributed by atoms with Crippen LogP contribution in [0.25, 0.3) is 5.69 Å². The van der Waals surface area contributed by atoms with Crippen molar-refractivity contribution < 1.29 is 43.9 Å². The lowest BCUT2D eigenvalue weighted by molar-refractivity contribution is -0.170. The predicted octanol–water partition coefficient (Wildman–Crippen LogP) is 2.34. The Balaban J connectivity index is 0.000000289. The number of halogens is 1. The number of carbonyl (C=O) groups is 3. The number of aromatic nitrogens is 3. The molecule has 3 heterocycles. The topological polar surface area (TPSA) is 175 Å². The highest BCUT2D eigenvalue weighted by Crippen LogP contribution is 2.18. The lowest BCUT2D eigenvalue weighted by Crippen LogP contribution is -2.42. The molecule has 1 fully saturated rings. The molecule has 4 rings (SSSR count). The van der Waals surface area contributed by atoms with Crippen LogP contribution in [-0.4, -0.2) is 82.9 Å². The number of aliphatic carboxylic acids is 3. The van der Waals surface area contributed by atoms with Gasteiger partial charge in [-0.1, -0.05) is 6.07 Å². The first kappa shape index (κ1) is 30.3. The Kier molecular flexibility index (Phi) is 10.8. The second-order valence-electron chi connectivity index (χ2n) is 9.37. The van der Waals surface area contributed by atoms with Crippen molar-refractivity contribution in [2.45, 2.75) is 50.5 Å². The van der Waals surface area contributed by atoms with Gasteiger partial charge < -0.3 is 25.2 Å². The average Bonchev–Trinajstić information content (AvgIpc) is 3.57. The minimum absolute atomic E-state index is 0.246. The molecule has 0 spiro atoms. The molecule has 3 aromatic rings. The summed E-state index contributed by atoms with van der Waals surface area (Å²) < 4.78 is 20.7. The molecule has 0 saturated carbocycles. The standard InChI is InChI=1S/C21H23FN4O.C6H8O7/c22-18-6-8-20(9-7-18)26-14-17(12-24-26)13-25(16-21-5-3-11-27-21)15-19-4-1-2-10-23-19;7-3(8)1-6(13,5(11)12)2-4(9)10/h1-2,4,6-10,12,14,21H,3,5,11,13,15-16H2;13H,1-2H2,(H,7,8)(H,9,10)(H,11,12). The van der Waals surface area contributed by atoms with Crippen molar-refractivity contribution in [1.82, 2.24) is 19.7 Å². The van der Waals surface area contributed by atoms with Gasteiger partial charge in [0.25, 0.3) is 0 Å². The quantitative estimate of drug-likeness (QED) is 0.257. The van der Waals surface area contributed by atoms with Crippen molar-refractivity contribution in [2.75, 3.05) is 13.2 Å². The molecular weight excluding hydrogens is 527 g/mol. The summed E-state index contributed by atoms with van der Waals surface area (Å²) in [7, 11) is 0. The Labute approximate surface area is 229 Å². The van der Waals surface area contributed by atoms with Gasteiger partial charge in [0.2, 0.25) is 0 Å². The highest BCUT2D eigenvalue weighted by Gasteiger charge is 2.40. The molecule has 1 aliphatic heterocycles. The zero-order valence-corrected chi connectivity index (χ0v) is 21.6. The molecule has 0 bridgehead atoms. The van der Waals surface area contributed by atoms with Gasteiger partial charge in [0.15, 0.2) is 5.60 Å². The fraction of sp³-hybridized carbons (Fsp3) is 0.370. The zero-order chi connectivity index (χ0) is 29.1. The van der Waals surface area contributed by atoms with Crippen molar-refractivity contribution in [2.24, 2.45) is 0 Å². The first-order chi connectivity index (χ1) is 19.0. The molecule has 1 aliphatic rings. The van der Waals surface area contributed by atoms with Gasteiger partial charge in [-0.3, -0.25) is 19.5 Å². The molecule has 2 aromatic heterocycles. The van der Waals surface area contributed by atoms with Crippen molar-refractivity contribution in [3.05, 3.63) is 78.1 Å². The van der Waals surface area contributed by atoms with Crippen LogP contribution in [0.4, 0.5) is 4.39 Å². The van der Waals surface area contributed by atoms with Crippen LogP contribution < -0.4 is 0 Å². The van der Waals surface area contributed by atoms with Gasteiger partial charge in [0.05, 0.1) is 36.5 Å².